The summed E-state index contributed by atoms with van der Waals surface area (Å²) >= 11 is 0. The Morgan fingerprint density at radius 1 is 0.130 bits per heavy atom. The van der Waals surface area contributed by atoms with Crippen LogP contribution in [0.1, 0.15) is 160 Å². The van der Waals surface area contributed by atoms with Gasteiger partial charge in [-0.2, -0.15) is 0 Å². The summed E-state index contributed by atoms with van der Waals surface area (Å²) in [6.07, 6.45) is 0. The van der Waals surface area contributed by atoms with E-state index < -0.39 is 0 Å². The molecule has 0 aromatic heterocycles. The molecule has 0 aliphatic carbocycles. The molecule has 0 unspecified atom stereocenters. The molecule has 0 saturated carbocycles. The summed E-state index contributed by atoms with van der Waals surface area (Å²) in [5.41, 5.74) is 0. The van der Waals surface area contributed by atoms with Gasteiger partial charge in [-0.05, 0) is 0 Å². The van der Waals surface area contributed by atoms with Crippen molar-refractivity contribution < 1.29 is 0 Å². The van der Waals surface area contributed by atoms with E-state index in [2.05, 4.69) is 0 Å². The molecule has 0 saturated heterocycles. The second-order valence-corrected chi connectivity index (χ2v) is 0. The molecule has 0 amide bonds. The average Bonchev–Trinajstić information content (AvgIpc) is 2.78. The van der Waals surface area contributed by atoms with Crippen LogP contribution in [0.3, 0.4) is 0 Å². The molecule has 0 bridgehead atoms. The van der Waals surface area contributed by atoms with Crippen LogP contribution >= 0.6 is 0 Å². The van der Waals surface area contributed by atoms with Crippen LogP contribution in [0.5, 0.6) is 0 Å². The molecule has 0 rings (SSSR count). The maximum Gasteiger partial charge on any atom is -0.0683 e. The van der Waals surface area contributed by atoms with Crippen LogP contribution in [0.25, 0.3) is 0 Å². The quantitative estimate of drug-likeness (QED) is 0.409. The Bertz CT molecular complexity index is 0. The lowest BCUT2D eigenvalue weighted by atomic mass is 11.0. The molecule has 0 spiro atoms. The lowest BCUT2D eigenvalue weighted by Gasteiger charge is -1.07. The molecule has 162 valence electrons. The lowest BCUT2D eigenvalue weighted by molar-refractivity contribution is 1.50. The predicted octanol–water partition coefficient (Wildman–Crippen LogP) is 11.9. The second kappa shape index (κ2) is 0. The number of hydrogen-bond donors (Lipinski definition) is 0. The molecule has 0 aromatic carbocycles. The van der Waals surface area contributed by atoms with E-state index in [0.29, 0.717) is 0 Å². The maximum absolute atomic E-state index is 2.00. The first-order chi connectivity index (χ1) is 11.0. The Morgan fingerprint density at radius 2 is 0.130 bits per heavy atom. The SMILES string of the molecule is C.CC.CC.CC.CC.CC.CC.CC.CC.CC.CC.CC. The first-order valence-electron chi connectivity index (χ1n) is 11.0. The van der Waals surface area contributed by atoms with Crippen LogP contribution in [0.2, 0.25) is 0 Å². The normalized spacial score (nSPS) is 2.87. The van der Waals surface area contributed by atoms with Gasteiger partial charge in [-0.25, -0.2) is 0 Å². The molecular formula is C23H70. The molecule has 23 heavy (non-hydrogen) atoms. The highest BCUT2D eigenvalue weighted by molar-refractivity contribution is 3.52. The monoisotopic (exact) mass is 347 g/mol. The van der Waals surface area contributed by atoms with Crippen LogP contribution in [0, 0.1) is 0 Å². The summed E-state index contributed by atoms with van der Waals surface area (Å²) in [7, 11) is 0. The Balaban J connectivity index is -0.00000000576. The van der Waals surface area contributed by atoms with Crippen molar-refractivity contribution in [2.45, 2.75) is 160 Å². The summed E-state index contributed by atoms with van der Waals surface area (Å²) in [5, 5.41) is 0. The van der Waals surface area contributed by atoms with E-state index in [-0.39, 0.29) is 7.43 Å². The topological polar surface area (TPSA) is 0 Å². The largest absolute Gasteiger partial charge is 0.0776 e. The second-order valence-electron chi connectivity index (χ2n) is 0. The van der Waals surface area contributed by atoms with Gasteiger partial charge in [-0.1, -0.05) is 160 Å². The average molecular weight is 347 g/mol. The van der Waals surface area contributed by atoms with Gasteiger partial charge in [-0.3, -0.25) is 0 Å². The number of hydrogen-bond acceptors (Lipinski definition) is 0. The Labute approximate surface area is 160 Å². The molecule has 0 heteroatoms. The van der Waals surface area contributed by atoms with Gasteiger partial charge in [0.2, 0.25) is 0 Å². The minimum Gasteiger partial charge on any atom is -0.0776 e. The highest BCUT2D eigenvalue weighted by Crippen LogP contribution is 1.16. The van der Waals surface area contributed by atoms with E-state index in [9.17, 15) is 0 Å². The van der Waals surface area contributed by atoms with Gasteiger partial charge in [0.15, 0.2) is 0 Å². The zero-order chi connectivity index (χ0) is 22.0. The first-order valence-corrected chi connectivity index (χ1v) is 11.0. The highest BCUT2D eigenvalue weighted by atomic mass is 13.0. The van der Waals surface area contributed by atoms with E-state index in [4.69, 9.17) is 0 Å². The molecule has 0 atom stereocenters. The highest BCUT2D eigenvalue weighted by Gasteiger charge is 0.952. The van der Waals surface area contributed by atoms with Crippen LogP contribution in [0.15, 0.2) is 0 Å². The van der Waals surface area contributed by atoms with Crippen LogP contribution in [-0.4, -0.2) is 0 Å². The smallest absolute Gasteiger partial charge is 0.0683 e. The number of rotatable bonds is 0. The van der Waals surface area contributed by atoms with E-state index >= 15 is 0 Å². The van der Waals surface area contributed by atoms with Crippen molar-refractivity contribution in [2.24, 2.45) is 0 Å². The lowest BCUT2D eigenvalue weighted by Crippen LogP contribution is -0.856. The molecule has 0 nitrogen and oxygen atoms in total. The van der Waals surface area contributed by atoms with Crippen molar-refractivity contribution in [3.05, 3.63) is 0 Å². The van der Waals surface area contributed by atoms with Gasteiger partial charge >= 0.3 is 0 Å². The van der Waals surface area contributed by atoms with Crippen molar-refractivity contribution >= 4 is 0 Å². The van der Waals surface area contributed by atoms with Gasteiger partial charge in [0.1, 0.15) is 0 Å². The van der Waals surface area contributed by atoms with Gasteiger partial charge in [0, 0.05) is 0 Å². The maximum atomic E-state index is 2.00. The van der Waals surface area contributed by atoms with E-state index in [0.717, 1.165) is 0 Å². The fraction of sp³-hybridized carbons (Fsp3) is 1.00. The summed E-state index contributed by atoms with van der Waals surface area (Å²) in [6.45, 7) is 44.0. The summed E-state index contributed by atoms with van der Waals surface area (Å²) in [4.78, 5) is 0. The van der Waals surface area contributed by atoms with Gasteiger partial charge < -0.3 is 0 Å². The molecule has 0 aliphatic heterocycles. The van der Waals surface area contributed by atoms with Gasteiger partial charge in [-0.15, -0.1) is 0 Å². The third kappa shape index (κ3) is 0. The van der Waals surface area contributed by atoms with Crippen molar-refractivity contribution in [1.82, 2.24) is 0 Å². The van der Waals surface area contributed by atoms with Crippen LogP contribution in [-0.2, 0) is 0 Å². The Morgan fingerprint density at radius 3 is 0.130 bits per heavy atom. The van der Waals surface area contributed by atoms with Crippen molar-refractivity contribution in [1.29, 1.82) is 0 Å². The van der Waals surface area contributed by atoms with Crippen LogP contribution in [0.4, 0.5) is 0 Å². The predicted molar refractivity (Wildman–Crippen MR) is 132 cm³/mol. The fourth-order valence-electron chi connectivity index (χ4n) is 0. The molecule has 0 aliphatic rings. The van der Waals surface area contributed by atoms with Crippen LogP contribution < -0.4 is 0 Å². The minimum atomic E-state index is 0. The van der Waals surface area contributed by atoms with Crippen molar-refractivity contribution in [2.75, 3.05) is 0 Å². The first kappa shape index (κ1) is 92.0. The summed E-state index contributed by atoms with van der Waals surface area (Å²) < 4.78 is 0. The Kier molecular flexibility index (Phi) is 0. The summed E-state index contributed by atoms with van der Waals surface area (Å²) in [6, 6.07) is 0. The minimum absolute atomic E-state index is 0. The third-order valence-electron chi connectivity index (χ3n) is 0. The molecule has 0 heterocycles. The molecule has 0 fully saturated rings. The fourth-order valence-corrected chi connectivity index (χ4v) is 0. The van der Waals surface area contributed by atoms with Gasteiger partial charge in [0.25, 0.3) is 0 Å². The Hall–Kier alpha value is 0. The van der Waals surface area contributed by atoms with E-state index in [1.54, 1.807) is 0 Å². The molecule has 0 N–H and O–H groups in total. The van der Waals surface area contributed by atoms with Crippen molar-refractivity contribution in [3.63, 3.8) is 0 Å². The third-order valence-corrected chi connectivity index (χ3v) is 0. The van der Waals surface area contributed by atoms with Gasteiger partial charge in [0.05, 0.1) is 0 Å². The molecular weight excluding hydrogens is 276 g/mol. The van der Waals surface area contributed by atoms with E-state index in [1.165, 1.54) is 0 Å². The molecule has 0 radical (unpaired) electrons. The summed E-state index contributed by atoms with van der Waals surface area (Å²) in [5.74, 6) is 0. The molecule has 0 aromatic rings. The van der Waals surface area contributed by atoms with E-state index in [1.807, 2.05) is 152 Å². The van der Waals surface area contributed by atoms with Crippen molar-refractivity contribution in [3.8, 4) is 0 Å². The zero-order valence-electron chi connectivity index (χ0n) is 22.0. The standard InChI is InChI=1S/11C2H6.CH4/c11*1-2;/h11*1-2H3;1H4. The zero-order valence-corrected chi connectivity index (χ0v) is 22.0.